The van der Waals surface area contributed by atoms with E-state index < -0.39 is 18.0 Å². The molecule has 1 heterocycles. The standard InChI is InChI=1S/C16H22N4O3/c1-9(2)20-15(22)12-8-6-5-7-11(12)13(16(23)19(20)4)18-14(21)10(3)17/h5-10,13H,17H2,1-4H3,(H,18,21)/t10-,13+/m0/s1. The molecule has 3 N–H and O–H groups in total. The highest BCUT2D eigenvalue weighted by atomic mass is 16.2. The monoisotopic (exact) mass is 318 g/mol. The highest BCUT2D eigenvalue weighted by Gasteiger charge is 2.39. The minimum atomic E-state index is -0.942. The third kappa shape index (κ3) is 3.05. The van der Waals surface area contributed by atoms with E-state index in [0.717, 1.165) is 0 Å². The van der Waals surface area contributed by atoms with Crippen LogP contribution in [-0.2, 0) is 9.59 Å². The van der Waals surface area contributed by atoms with Crippen LogP contribution < -0.4 is 11.1 Å². The van der Waals surface area contributed by atoms with Crippen molar-refractivity contribution < 1.29 is 14.4 Å². The van der Waals surface area contributed by atoms with Crippen molar-refractivity contribution in [3.05, 3.63) is 35.4 Å². The number of amides is 3. The fraction of sp³-hybridized carbons (Fsp3) is 0.438. The van der Waals surface area contributed by atoms with E-state index in [9.17, 15) is 14.4 Å². The summed E-state index contributed by atoms with van der Waals surface area (Å²) in [4.78, 5) is 37.6. The van der Waals surface area contributed by atoms with Gasteiger partial charge in [0.15, 0.2) is 0 Å². The number of fused-ring (bicyclic) bond motifs is 1. The fourth-order valence-corrected chi connectivity index (χ4v) is 2.62. The number of nitrogens with one attached hydrogen (secondary N) is 1. The highest BCUT2D eigenvalue weighted by molar-refractivity contribution is 6.02. The van der Waals surface area contributed by atoms with Crippen LogP contribution in [0.25, 0.3) is 0 Å². The Morgan fingerprint density at radius 3 is 2.39 bits per heavy atom. The molecule has 0 aliphatic carbocycles. The minimum Gasteiger partial charge on any atom is -0.339 e. The molecule has 0 fully saturated rings. The molecule has 0 saturated heterocycles. The van der Waals surface area contributed by atoms with E-state index in [4.69, 9.17) is 5.73 Å². The summed E-state index contributed by atoms with van der Waals surface area (Å²) in [6.07, 6.45) is 0. The SMILES string of the molecule is CC(C)N1C(=O)c2ccccc2[C@@H](NC(=O)[C@H](C)N)C(=O)N1C. The van der Waals surface area contributed by atoms with Crippen LogP contribution in [-0.4, -0.2) is 46.9 Å². The van der Waals surface area contributed by atoms with E-state index in [2.05, 4.69) is 5.32 Å². The average molecular weight is 318 g/mol. The van der Waals surface area contributed by atoms with Crippen molar-refractivity contribution in [1.82, 2.24) is 15.3 Å². The number of hydrazine groups is 1. The van der Waals surface area contributed by atoms with Crippen LogP contribution in [0.15, 0.2) is 24.3 Å². The molecule has 1 aliphatic heterocycles. The second-order valence-corrected chi connectivity index (χ2v) is 5.92. The van der Waals surface area contributed by atoms with Crippen LogP contribution in [0.4, 0.5) is 0 Å². The summed E-state index contributed by atoms with van der Waals surface area (Å²) in [6, 6.07) is 4.90. The Kier molecular flexibility index (Phi) is 4.70. The summed E-state index contributed by atoms with van der Waals surface area (Å²) in [6.45, 7) is 5.19. The zero-order valence-electron chi connectivity index (χ0n) is 13.7. The Balaban J connectivity index is 2.55. The van der Waals surface area contributed by atoms with Crippen LogP contribution in [0, 0.1) is 0 Å². The summed E-state index contributed by atoms with van der Waals surface area (Å²) in [5, 5.41) is 5.29. The van der Waals surface area contributed by atoms with Gasteiger partial charge in [0, 0.05) is 18.7 Å². The molecule has 1 aliphatic rings. The number of nitrogens with two attached hydrogens (primary N) is 1. The molecule has 7 nitrogen and oxygen atoms in total. The maximum Gasteiger partial charge on any atom is 0.273 e. The maximum absolute atomic E-state index is 12.8. The lowest BCUT2D eigenvalue weighted by Gasteiger charge is -2.34. The summed E-state index contributed by atoms with van der Waals surface area (Å²) in [7, 11) is 1.52. The predicted molar refractivity (Wildman–Crippen MR) is 85.1 cm³/mol. The van der Waals surface area contributed by atoms with Crippen LogP contribution in [0.1, 0.15) is 42.7 Å². The Hall–Kier alpha value is -2.41. The lowest BCUT2D eigenvalue weighted by atomic mass is 9.99. The van der Waals surface area contributed by atoms with Crippen molar-refractivity contribution in [2.75, 3.05) is 7.05 Å². The van der Waals surface area contributed by atoms with Gasteiger partial charge in [-0.3, -0.25) is 19.4 Å². The first-order valence-corrected chi connectivity index (χ1v) is 7.51. The van der Waals surface area contributed by atoms with Crippen molar-refractivity contribution in [1.29, 1.82) is 0 Å². The number of rotatable bonds is 3. The molecule has 2 rings (SSSR count). The molecular formula is C16H22N4O3. The first-order valence-electron chi connectivity index (χ1n) is 7.51. The molecule has 2 atom stereocenters. The minimum absolute atomic E-state index is 0.201. The Morgan fingerprint density at radius 1 is 1.22 bits per heavy atom. The smallest absolute Gasteiger partial charge is 0.273 e. The maximum atomic E-state index is 12.8. The molecule has 7 heteroatoms. The van der Waals surface area contributed by atoms with E-state index in [1.807, 2.05) is 13.8 Å². The number of nitrogens with zero attached hydrogens (tertiary/aromatic N) is 2. The first-order chi connectivity index (χ1) is 10.8. The quantitative estimate of drug-likeness (QED) is 0.845. The van der Waals surface area contributed by atoms with Gasteiger partial charge in [-0.15, -0.1) is 0 Å². The lowest BCUT2D eigenvalue weighted by Crippen LogP contribution is -2.52. The Bertz CT molecular complexity index is 642. The molecule has 0 aromatic heterocycles. The van der Waals surface area contributed by atoms with E-state index in [-0.39, 0.29) is 17.9 Å². The van der Waals surface area contributed by atoms with Crippen LogP contribution in [0.3, 0.4) is 0 Å². The van der Waals surface area contributed by atoms with Gasteiger partial charge in [-0.25, -0.2) is 5.01 Å². The van der Waals surface area contributed by atoms with Crippen LogP contribution >= 0.6 is 0 Å². The van der Waals surface area contributed by atoms with E-state index in [1.54, 1.807) is 24.3 Å². The number of likely N-dealkylation sites (N-methyl/N-ethyl adjacent to an activating group) is 1. The molecular weight excluding hydrogens is 296 g/mol. The molecule has 0 spiro atoms. The predicted octanol–water partition coefficient (Wildman–Crippen LogP) is 0.429. The van der Waals surface area contributed by atoms with Gasteiger partial charge in [0.2, 0.25) is 5.91 Å². The summed E-state index contributed by atoms with van der Waals surface area (Å²) in [5.74, 6) is -1.10. The number of carbonyl (C=O) groups excluding carboxylic acids is 3. The van der Waals surface area contributed by atoms with Gasteiger partial charge in [-0.2, -0.15) is 0 Å². The largest absolute Gasteiger partial charge is 0.339 e. The molecule has 23 heavy (non-hydrogen) atoms. The molecule has 0 unspecified atom stereocenters. The third-order valence-corrected chi connectivity index (χ3v) is 3.79. The van der Waals surface area contributed by atoms with E-state index in [0.29, 0.717) is 11.1 Å². The van der Waals surface area contributed by atoms with Gasteiger partial charge < -0.3 is 11.1 Å². The van der Waals surface area contributed by atoms with Gasteiger partial charge in [-0.1, -0.05) is 18.2 Å². The number of benzene rings is 1. The average Bonchev–Trinajstić information content (AvgIpc) is 2.57. The zero-order chi connectivity index (χ0) is 17.3. The second-order valence-electron chi connectivity index (χ2n) is 5.92. The van der Waals surface area contributed by atoms with Crippen molar-refractivity contribution in [3.63, 3.8) is 0 Å². The molecule has 3 amide bonds. The number of carbonyl (C=O) groups is 3. The molecule has 0 saturated carbocycles. The normalized spacial score (nSPS) is 19.5. The lowest BCUT2D eigenvalue weighted by molar-refractivity contribution is -0.147. The molecule has 1 aromatic rings. The Morgan fingerprint density at radius 2 is 1.83 bits per heavy atom. The van der Waals surface area contributed by atoms with Crippen molar-refractivity contribution in [2.45, 2.75) is 38.9 Å². The summed E-state index contributed by atoms with van der Waals surface area (Å²) >= 11 is 0. The van der Waals surface area contributed by atoms with Gasteiger partial charge in [-0.05, 0) is 32.4 Å². The Labute approximate surface area is 135 Å². The molecule has 0 radical (unpaired) electrons. The topological polar surface area (TPSA) is 95.7 Å². The number of hydrogen-bond acceptors (Lipinski definition) is 4. The van der Waals surface area contributed by atoms with Crippen molar-refractivity contribution in [2.24, 2.45) is 5.73 Å². The van der Waals surface area contributed by atoms with E-state index in [1.165, 1.54) is 24.0 Å². The van der Waals surface area contributed by atoms with Crippen LogP contribution in [0.2, 0.25) is 0 Å². The zero-order valence-corrected chi connectivity index (χ0v) is 13.7. The van der Waals surface area contributed by atoms with Gasteiger partial charge in [0.25, 0.3) is 11.8 Å². The van der Waals surface area contributed by atoms with Crippen LogP contribution in [0.5, 0.6) is 0 Å². The second kappa shape index (κ2) is 6.37. The van der Waals surface area contributed by atoms with Gasteiger partial charge in [0.05, 0.1) is 6.04 Å². The highest BCUT2D eigenvalue weighted by Crippen LogP contribution is 2.27. The molecule has 1 aromatic carbocycles. The van der Waals surface area contributed by atoms with Crippen molar-refractivity contribution in [3.8, 4) is 0 Å². The molecule has 0 bridgehead atoms. The third-order valence-electron chi connectivity index (χ3n) is 3.79. The summed E-state index contributed by atoms with van der Waals surface area (Å²) in [5.41, 5.74) is 6.46. The first kappa shape index (κ1) is 17.0. The van der Waals surface area contributed by atoms with Gasteiger partial charge in [0.1, 0.15) is 6.04 Å². The van der Waals surface area contributed by atoms with E-state index >= 15 is 0 Å². The van der Waals surface area contributed by atoms with Crippen molar-refractivity contribution >= 4 is 17.7 Å². The fourth-order valence-electron chi connectivity index (χ4n) is 2.62. The molecule has 124 valence electrons. The summed E-state index contributed by atoms with van der Waals surface area (Å²) < 4.78 is 0. The number of hydrogen-bond donors (Lipinski definition) is 2. The van der Waals surface area contributed by atoms with Gasteiger partial charge >= 0.3 is 0 Å².